The number of nitrogens with one attached hydrogen (secondary N) is 1. The fraction of sp³-hybridized carbons (Fsp3) is 0.400. The molecule has 0 aliphatic heterocycles. The van der Waals surface area contributed by atoms with Gasteiger partial charge in [-0.3, -0.25) is 4.98 Å². The molecule has 1 atom stereocenters. The Morgan fingerprint density at radius 3 is 2.71 bits per heavy atom. The number of aromatic nitrogens is 3. The number of H-pyrrole nitrogens is 1. The Labute approximate surface area is 166 Å². The molecule has 0 radical (unpaired) electrons. The highest BCUT2D eigenvalue weighted by Gasteiger charge is 2.32. The number of imidazole rings is 1. The molecule has 0 saturated heterocycles. The summed E-state index contributed by atoms with van der Waals surface area (Å²) in [5, 5.41) is 11.8. The van der Waals surface area contributed by atoms with Gasteiger partial charge >= 0.3 is 5.82 Å². The van der Waals surface area contributed by atoms with Crippen LogP contribution in [0.15, 0.2) is 30.5 Å². The number of halogens is 2. The molecule has 146 valence electrons. The van der Waals surface area contributed by atoms with Crippen LogP contribution >= 0.6 is 11.6 Å². The van der Waals surface area contributed by atoms with Crippen molar-refractivity contribution in [2.75, 3.05) is 0 Å². The lowest BCUT2D eigenvalue weighted by molar-refractivity contribution is -0.389. The predicted molar refractivity (Wildman–Crippen MR) is 105 cm³/mol. The molecule has 0 bridgehead atoms. The summed E-state index contributed by atoms with van der Waals surface area (Å²) in [7, 11) is 0. The zero-order chi connectivity index (χ0) is 19.8. The van der Waals surface area contributed by atoms with E-state index in [1.54, 1.807) is 18.3 Å². The van der Waals surface area contributed by atoms with Crippen LogP contribution in [0.2, 0.25) is 5.15 Å². The second-order valence-electron chi connectivity index (χ2n) is 7.48. The van der Waals surface area contributed by atoms with Crippen LogP contribution < -0.4 is 0 Å². The molecule has 1 aliphatic carbocycles. The monoisotopic (exact) mass is 402 g/mol. The number of rotatable bonds is 4. The van der Waals surface area contributed by atoms with Gasteiger partial charge in [-0.1, -0.05) is 18.5 Å². The van der Waals surface area contributed by atoms with E-state index in [2.05, 4.69) is 15.0 Å². The van der Waals surface area contributed by atoms with Crippen molar-refractivity contribution in [3.8, 4) is 0 Å². The lowest BCUT2D eigenvalue weighted by Gasteiger charge is -2.31. The highest BCUT2D eigenvalue weighted by Crippen LogP contribution is 2.43. The first-order valence-corrected chi connectivity index (χ1v) is 9.75. The molecular formula is C20H20ClFN4O2. The Hall–Kier alpha value is -2.54. The molecule has 1 N–H and O–H groups in total. The molecule has 0 spiro atoms. The number of hydrogen-bond acceptors (Lipinski definition) is 4. The van der Waals surface area contributed by atoms with Crippen molar-refractivity contribution in [3.63, 3.8) is 0 Å². The summed E-state index contributed by atoms with van der Waals surface area (Å²) < 4.78 is 13.7. The molecule has 28 heavy (non-hydrogen) atoms. The maximum Gasteiger partial charge on any atom is 0.359 e. The smallest absolute Gasteiger partial charge is 0.358 e. The van der Waals surface area contributed by atoms with Gasteiger partial charge < -0.3 is 10.1 Å². The maximum absolute atomic E-state index is 13.7. The van der Waals surface area contributed by atoms with Crippen molar-refractivity contribution in [2.24, 2.45) is 5.92 Å². The van der Waals surface area contributed by atoms with Gasteiger partial charge in [-0.2, -0.15) is 4.98 Å². The second-order valence-corrected chi connectivity index (χ2v) is 7.84. The quantitative estimate of drug-likeness (QED) is 0.445. The van der Waals surface area contributed by atoms with Gasteiger partial charge in [0.25, 0.3) is 0 Å². The Balaban J connectivity index is 1.50. The average Bonchev–Trinajstić information content (AvgIpc) is 3.09. The first-order chi connectivity index (χ1) is 13.4. The van der Waals surface area contributed by atoms with Crippen LogP contribution in [0.5, 0.6) is 0 Å². The Bertz CT molecular complexity index is 1030. The van der Waals surface area contributed by atoms with E-state index in [1.807, 2.05) is 13.0 Å². The minimum Gasteiger partial charge on any atom is -0.358 e. The molecule has 1 fully saturated rings. The fourth-order valence-electron chi connectivity index (χ4n) is 4.35. The molecule has 8 heteroatoms. The van der Waals surface area contributed by atoms with E-state index in [-0.39, 0.29) is 22.7 Å². The van der Waals surface area contributed by atoms with E-state index in [4.69, 9.17) is 11.6 Å². The van der Waals surface area contributed by atoms with E-state index in [0.717, 1.165) is 42.1 Å². The molecule has 0 unspecified atom stereocenters. The zero-order valence-electron chi connectivity index (χ0n) is 15.4. The van der Waals surface area contributed by atoms with Crippen LogP contribution in [0.4, 0.5) is 10.2 Å². The van der Waals surface area contributed by atoms with E-state index >= 15 is 0 Å². The second kappa shape index (κ2) is 7.47. The molecule has 0 amide bonds. The summed E-state index contributed by atoms with van der Waals surface area (Å²) in [4.78, 5) is 21.7. The van der Waals surface area contributed by atoms with E-state index in [1.165, 1.54) is 6.07 Å². The first-order valence-electron chi connectivity index (χ1n) is 9.38. The molecule has 2 heterocycles. The van der Waals surface area contributed by atoms with E-state index in [9.17, 15) is 14.5 Å². The van der Waals surface area contributed by atoms with Crippen molar-refractivity contribution >= 4 is 28.3 Å². The fourth-order valence-corrected chi connectivity index (χ4v) is 4.55. The van der Waals surface area contributed by atoms with E-state index in [0.29, 0.717) is 17.7 Å². The highest BCUT2D eigenvalue weighted by molar-refractivity contribution is 6.31. The number of benzene rings is 1. The number of hydrogen-bond donors (Lipinski definition) is 1. The van der Waals surface area contributed by atoms with Crippen LogP contribution in [0, 0.1) is 21.8 Å². The Morgan fingerprint density at radius 1 is 1.29 bits per heavy atom. The summed E-state index contributed by atoms with van der Waals surface area (Å²) in [6, 6.07) is 6.71. The Kier molecular flexibility index (Phi) is 5.02. The number of aromatic amines is 1. The van der Waals surface area contributed by atoms with Crippen molar-refractivity contribution < 1.29 is 9.31 Å². The van der Waals surface area contributed by atoms with Gasteiger partial charge in [0.2, 0.25) is 5.15 Å². The Morgan fingerprint density at radius 2 is 2.04 bits per heavy atom. The minimum absolute atomic E-state index is 0.0544. The van der Waals surface area contributed by atoms with Gasteiger partial charge in [0.05, 0.1) is 5.52 Å². The van der Waals surface area contributed by atoms with Crippen LogP contribution in [0.3, 0.4) is 0 Å². The van der Waals surface area contributed by atoms with Crippen molar-refractivity contribution in [2.45, 2.75) is 44.4 Å². The SMILES string of the molecule is C[C@H](c1nc(Cl)c([N+](=O)[O-])[nH]1)C1CCC(c2ccnc3ccc(F)cc23)CC1. The lowest BCUT2D eigenvalue weighted by Crippen LogP contribution is -2.19. The molecule has 6 nitrogen and oxygen atoms in total. The van der Waals surface area contributed by atoms with Crippen LogP contribution in [-0.2, 0) is 0 Å². The molecular weight excluding hydrogens is 383 g/mol. The summed E-state index contributed by atoms with van der Waals surface area (Å²) in [5.74, 6) is 0.839. The average molecular weight is 403 g/mol. The third-order valence-electron chi connectivity index (χ3n) is 5.93. The number of nitrogens with zero attached hydrogens (tertiary/aromatic N) is 3. The standard InChI is InChI=1S/C20H20ClFN4O2/c1-11(19-24-18(21)20(25-19)26(27)28)12-2-4-13(5-3-12)15-8-9-23-17-7-6-14(22)10-16(15)17/h6-13H,2-5H2,1H3,(H,24,25)/t11-,12?,13?/m0/s1. The molecule has 4 rings (SSSR count). The van der Waals surface area contributed by atoms with Gasteiger partial charge in [0.15, 0.2) is 5.82 Å². The maximum atomic E-state index is 13.7. The summed E-state index contributed by atoms with van der Waals surface area (Å²) in [6.07, 6.45) is 5.67. The minimum atomic E-state index is -0.546. The van der Waals surface area contributed by atoms with Gasteiger partial charge in [-0.05, 0) is 72.3 Å². The van der Waals surface area contributed by atoms with Crippen LogP contribution in [0.25, 0.3) is 10.9 Å². The lowest BCUT2D eigenvalue weighted by atomic mass is 9.73. The molecule has 3 aromatic rings. The molecule has 2 aromatic heterocycles. The normalized spacial score (nSPS) is 21.0. The van der Waals surface area contributed by atoms with E-state index < -0.39 is 4.92 Å². The van der Waals surface area contributed by atoms with Crippen molar-refractivity contribution in [3.05, 3.63) is 62.9 Å². The van der Waals surface area contributed by atoms with Gasteiger partial charge in [-0.25, -0.2) is 9.37 Å². The van der Waals surface area contributed by atoms with Crippen molar-refractivity contribution in [1.82, 2.24) is 15.0 Å². The molecule has 1 saturated carbocycles. The van der Waals surface area contributed by atoms with Crippen LogP contribution in [0.1, 0.15) is 55.8 Å². The number of pyridine rings is 1. The predicted octanol–water partition coefficient (Wildman–Crippen LogP) is 5.74. The third-order valence-corrected chi connectivity index (χ3v) is 6.19. The van der Waals surface area contributed by atoms with Crippen LogP contribution in [-0.4, -0.2) is 19.9 Å². The van der Waals surface area contributed by atoms with Crippen molar-refractivity contribution in [1.29, 1.82) is 0 Å². The van der Waals surface area contributed by atoms with Gasteiger partial charge in [-0.15, -0.1) is 0 Å². The molecule has 1 aliphatic rings. The first kappa shape index (κ1) is 18.8. The van der Waals surface area contributed by atoms with Gasteiger partial charge in [0.1, 0.15) is 5.82 Å². The molecule has 1 aromatic carbocycles. The summed E-state index contributed by atoms with van der Waals surface area (Å²) >= 11 is 5.87. The topological polar surface area (TPSA) is 84.7 Å². The summed E-state index contributed by atoms with van der Waals surface area (Å²) in [6.45, 7) is 2.03. The number of fused-ring (bicyclic) bond motifs is 1. The zero-order valence-corrected chi connectivity index (χ0v) is 16.1. The largest absolute Gasteiger partial charge is 0.359 e. The highest BCUT2D eigenvalue weighted by atomic mass is 35.5. The number of nitro groups is 1. The summed E-state index contributed by atoms with van der Waals surface area (Å²) in [5.41, 5.74) is 1.96. The van der Waals surface area contributed by atoms with Gasteiger partial charge in [0, 0.05) is 17.5 Å². The third kappa shape index (κ3) is 3.46.